The molecule has 0 spiro atoms. The lowest BCUT2D eigenvalue weighted by molar-refractivity contribution is 0.0319. The van der Waals surface area contributed by atoms with Gasteiger partial charge in [-0.15, -0.1) is 0 Å². The van der Waals surface area contributed by atoms with Crippen molar-refractivity contribution in [3.8, 4) is 0 Å². The average molecular weight is 289 g/mol. The van der Waals surface area contributed by atoms with Gasteiger partial charge >= 0.3 is 5.97 Å². The molecule has 1 unspecified atom stereocenters. The molecule has 0 fully saturated rings. The van der Waals surface area contributed by atoms with Crippen LogP contribution >= 0.6 is 11.6 Å². The monoisotopic (exact) mass is 288 g/mol. The van der Waals surface area contributed by atoms with Gasteiger partial charge < -0.3 is 4.74 Å². The van der Waals surface area contributed by atoms with Crippen LogP contribution in [-0.2, 0) is 4.74 Å². The van der Waals surface area contributed by atoms with Crippen LogP contribution in [0.25, 0.3) is 0 Å². The molecule has 0 aliphatic rings. The molecule has 102 valence electrons. The summed E-state index contributed by atoms with van der Waals surface area (Å²) in [5.41, 5.74) is 0.837. The van der Waals surface area contributed by atoms with Crippen LogP contribution in [-0.4, -0.2) is 17.9 Å². The van der Waals surface area contributed by atoms with Crippen molar-refractivity contribution in [1.82, 2.24) is 0 Å². The molecule has 3 nitrogen and oxygen atoms in total. The highest BCUT2D eigenvalue weighted by Crippen LogP contribution is 2.13. The van der Waals surface area contributed by atoms with E-state index in [4.69, 9.17) is 16.3 Å². The molecular formula is C16H13ClO3. The normalized spacial score (nSPS) is 11.7. The number of esters is 1. The van der Waals surface area contributed by atoms with Crippen LogP contribution in [0, 0.1) is 0 Å². The molecular weight excluding hydrogens is 276 g/mol. The van der Waals surface area contributed by atoms with Gasteiger partial charge in [0.2, 0.25) is 5.78 Å². The third-order valence-electron chi connectivity index (χ3n) is 2.77. The molecule has 2 rings (SSSR count). The van der Waals surface area contributed by atoms with Crippen LogP contribution < -0.4 is 0 Å². The molecule has 0 saturated carbocycles. The molecule has 0 aromatic heterocycles. The molecule has 2 aromatic rings. The molecule has 0 aliphatic heterocycles. The predicted octanol–water partition coefficient (Wildman–Crippen LogP) is 3.77. The molecule has 1 atom stereocenters. The second-order valence-electron chi connectivity index (χ2n) is 4.29. The number of rotatable bonds is 4. The molecule has 20 heavy (non-hydrogen) atoms. The van der Waals surface area contributed by atoms with E-state index in [9.17, 15) is 9.59 Å². The van der Waals surface area contributed by atoms with Gasteiger partial charge in [0.05, 0.1) is 5.56 Å². The number of halogens is 1. The summed E-state index contributed by atoms with van der Waals surface area (Å²) in [5.74, 6) is -0.801. The van der Waals surface area contributed by atoms with Gasteiger partial charge in [0.15, 0.2) is 6.10 Å². The summed E-state index contributed by atoms with van der Waals surface area (Å²) in [7, 11) is 0. The van der Waals surface area contributed by atoms with Gasteiger partial charge in [-0.05, 0) is 25.1 Å². The minimum Gasteiger partial charge on any atom is -0.451 e. The first-order chi connectivity index (χ1) is 9.58. The van der Waals surface area contributed by atoms with Crippen molar-refractivity contribution in [3.63, 3.8) is 0 Å². The van der Waals surface area contributed by atoms with E-state index in [-0.39, 0.29) is 5.78 Å². The molecule has 0 amide bonds. The second kappa shape index (κ2) is 6.35. The smallest absolute Gasteiger partial charge is 0.338 e. The Bertz CT molecular complexity index is 623. The van der Waals surface area contributed by atoms with E-state index in [0.717, 1.165) is 0 Å². The minimum absolute atomic E-state index is 0.235. The van der Waals surface area contributed by atoms with Crippen LogP contribution in [0.3, 0.4) is 0 Å². The standard InChI is InChI=1S/C16H13ClO3/c1-11(15(18)12-6-3-2-4-7-12)20-16(19)13-8-5-9-14(17)10-13/h2-11H,1H3. The van der Waals surface area contributed by atoms with Crippen molar-refractivity contribution < 1.29 is 14.3 Å². The van der Waals surface area contributed by atoms with E-state index in [2.05, 4.69) is 0 Å². The highest BCUT2D eigenvalue weighted by Gasteiger charge is 2.20. The molecule has 0 saturated heterocycles. The minimum atomic E-state index is -0.844. The van der Waals surface area contributed by atoms with Gasteiger partial charge in [-0.1, -0.05) is 48.0 Å². The Kier molecular flexibility index (Phi) is 4.53. The Morgan fingerprint density at radius 3 is 2.30 bits per heavy atom. The predicted molar refractivity (Wildman–Crippen MR) is 77.1 cm³/mol. The topological polar surface area (TPSA) is 43.4 Å². The third-order valence-corrected chi connectivity index (χ3v) is 3.01. The van der Waals surface area contributed by atoms with Gasteiger partial charge in [-0.2, -0.15) is 0 Å². The number of Topliss-reactive ketones (excluding diaryl/α,β-unsaturated/α-hetero) is 1. The molecule has 0 N–H and O–H groups in total. The van der Waals surface area contributed by atoms with Crippen molar-refractivity contribution in [2.75, 3.05) is 0 Å². The lowest BCUT2D eigenvalue weighted by Crippen LogP contribution is -2.24. The Labute approximate surface area is 122 Å². The number of carbonyl (C=O) groups is 2. The van der Waals surface area contributed by atoms with Gasteiger partial charge in [0.1, 0.15) is 0 Å². The lowest BCUT2D eigenvalue weighted by Gasteiger charge is -2.12. The van der Waals surface area contributed by atoms with Crippen LogP contribution in [0.15, 0.2) is 54.6 Å². The van der Waals surface area contributed by atoms with E-state index < -0.39 is 12.1 Å². The maximum absolute atomic E-state index is 12.1. The summed E-state index contributed by atoms with van der Waals surface area (Å²) >= 11 is 5.81. The maximum atomic E-state index is 12.1. The quantitative estimate of drug-likeness (QED) is 0.635. The molecule has 2 aromatic carbocycles. The van der Waals surface area contributed by atoms with Gasteiger partial charge in [0, 0.05) is 10.6 Å². The van der Waals surface area contributed by atoms with Gasteiger partial charge in [-0.3, -0.25) is 4.79 Å². The van der Waals surface area contributed by atoms with E-state index in [0.29, 0.717) is 16.1 Å². The Morgan fingerprint density at radius 1 is 1.00 bits per heavy atom. The van der Waals surface area contributed by atoms with Crippen LogP contribution in [0.4, 0.5) is 0 Å². The highest BCUT2D eigenvalue weighted by molar-refractivity contribution is 6.30. The van der Waals surface area contributed by atoms with Crippen molar-refractivity contribution in [2.24, 2.45) is 0 Å². The fourth-order valence-corrected chi connectivity index (χ4v) is 1.92. The van der Waals surface area contributed by atoms with Crippen molar-refractivity contribution >= 4 is 23.4 Å². The fraction of sp³-hybridized carbons (Fsp3) is 0.125. The van der Waals surface area contributed by atoms with E-state index in [1.807, 2.05) is 6.07 Å². The summed E-state index contributed by atoms with van der Waals surface area (Å²) in [6.45, 7) is 1.55. The largest absolute Gasteiger partial charge is 0.451 e. The highest BCUT2D eigenvalue weighted by atomic mass is 35.5. The van der Waals surface area contributed by atoms with Gasteiger partial charge in [0.25, 0.3) is 0 Å². The summed E-state index contributed by atoms with van der Waals surface area (Å²) in [6, 6.07) is 15.1. The first-order valence-electron chi connectivity index (χ1n) is 6.14. The molecule has 4 heteroatoms. The maximum Gasteiger partial charge on any atom is 0.338 e. The average Bonchev–Trinajstić information content (AvgIpc) is 2.47. The number of hydrogen-bond donors (Lipinski definition) is 0. The number of carbonyl (C=O) groups excluding carboxylic acids is 2. The Hall–Kier alpha value is -2.13. The third kappa shape index (κ3) is 3.45. The second-order valence-corrected chi connectivity index (χ2v) is 4.72. The summed E-state index contributed by atoms with van der Waals surface area (Å²) < 4.78 is 5.16. The lowest BCUT2D eigenvalue weighted by atomic mass is 10.1. The van der Waals surface area contributed by atoms with Crippen LogP contribution in [0.5, 0.6) is 0 Å². The SMILES string of the molecule is CC(OC(=O)c1cccc(Cl)c1)C(=O)c1ccccc1. The molecule has 0 heterocycles. The van der Waals surface area contributed by atoms with Crippen LogP contribution in [0.2, 0.25) is 5.02 Å². The molecule has 0 aliphatic carbocycles. The number of hydrogen-bond acceptors (Lipinski definition) is 3. The van der Waals surface area contributed by atoms with Crippen molar-refractivity contribution in [2.45, 2.75) is 13.0 Å². The Balaban J connectivity index is 2.06. The first kappa shape index (κ1) is 14.3. The van der Waals surface area contributed by atoms with Gasteiger partial charge in [-0.25, -0.2) is 4.79 Å². The number of ether oxygens (including phenoxy) is 1. The summed E-state index contributed by atoms with van der Waals surface area (Å²) in [6.07, 6.45) is -0.844. The fourth-order valence-electron chi connectivity index (χ4n) is 1.73. The van der Waals surface area contributed by atoms with Crippen LogP contribution in [0.1, 0.15) is 27.6 Å². The Morgan fingerprint density at radius 2 is 1.65 bits per heavy atom. The zero-order valence-electron chi connectivity index (χ0n) is 10.9. The zero-order chi connectivity index (χ0) is 14.5. The van der Waals surface area contributed by atoms with Crippen molar-refractivity contribution in [3.05, 3.63) is 70.7 Å². The van der Waals surface area contributed by atoms with E-state index in [1.54, 1.807) is 49.4 Å². The van der Waals surface area contributed by atoms with E-state index in [1.165, 1.54) is 6.07 Å². The van der Waals surface area contributed by atoms with E-state index >= 15 is 0 Å². The van der Waals surface area contributed by atoms with Crippen molar-refractivity contribution in [1.29, 1.82) is 0 Å². The summed E-state index contributed by atoms with van der Waals surface area (Å²) in [4.78, 5) is 24.0. The number of benzene rings is 2. The first-order valence-corrected chi connectivity index (χ1v) is 6.51. The number of ketones is 1. The summed E-state index contributed by atoms with van der Waals surface area (Å²) in [5, 5.41) is 0.446. The zero-order valence-corrected chi connectivity index (χ0v) is 11.6. The molecule has 0 radical (unpaired) electrons. The molecule has 0 bridgehead atoms.